The number of hydrogen-bond acceptors (Lipinski definition) is 3. The first-order valence-electron chi connectivity index (χ1n) is 8.30. The standard InChI is InChI=1S/C19H21F2N3O3/c1-12(13-7-5-8-15(10-13)27-18(20)21)23-19(26)24-16-9-4-3-6-14(16)11-17(25)22-2/h3-10,12,18H,11H2,1-2H3,(H,22,25)(H2,23,24,26). The van der Waals surface area contributed by atoms with Crippen molar-refractivity contribution < 1.29 is 23.1 Å². The zero-order chi connectivity index (χ0) is 19.8. The van der Waals surface area contributed by atoms with Gasteiger partial charge in [-0.25, -0.2) is 4.79 Å². The van der Waals surface area contributed by atoms with Crippen molar-refractivity contribution in [3.8, 4) is 5.75 Å². The van der Waals surface area contributed by atoms with Crippen LogP contribution in [0.2, 0.25) is 0 Å². The van der Waals surface area contributed by atoms with Crippen LogP contribution in [0.1, 0.15) is 24.1 Å². The number of nitrogens with one attached hydrogen (secondary N) is 3. The first-order chi connectivity index (χ1) is 12.9. The van der Waals surface area contributed by atoms with Gasteiger partial charge in [0.15, 0.2) is 0 Å². The number of carbonyl (C=O) groups is 2. The summed E-state index contributed by atoms with van der Waals surface area (Å²) in [6.45, 7) is -1.19. The monoisotopic (exact) mass is 377 g/mol. The zero-order valence-electron chi connectivity index (χ0n) is 15.0. The Morgan fingerprint density at radius 3 is 2.56 bits per heavy atom. The second kappa shape index (κ2) is 9.51. The van der Waals surface area contributed by atoms with E-state index in [2.05, 4.69) is 20.7 Å². The molecule has 0 spiro atoms. The van der Waals surface area contributed by atoms with Crippen LogP contribution >= 0.6 is 0 Å². The van der Waals surface area contributed by atoms with Gasteiger partial charge in [0.1, 0.15) is 5.75 Å². The molecule has 3 amide bonds. The second-order valence-corrected chi connectivity index (χ2v) is 5.78. The third-order valence-corrected chi connectivity index (χ3v) is 3.83. The molecule has 1 unspecified atom stereocenters. The van der Waals surface area contributed by atoms with E-state index in [0.29, 0.717) is 16.8 Å². The number of hydrogen-bond donors (Lipinski definition) is 3. The topological polar surface area (TPSA) is 79.5 Å². The van der Waals surface area contributed by atoms with Crippen LogP contribution in [0.25, 0.3) is 0 Å². The lowest BCUT2D eigenvalue weighted by Crippen LogP contribution is -2.31. The predicted molar refractivity (Wildman–Crippen MR) is 97.9 cm³/mol. The Morgan fingerprint density at radius 1 is 1.11 bits per heavy atom. The Labute approximate surface area is 155 Å². The van der Waals surface area contributed by atoms with E-state index in [4.69, 9.17) is 0 Å². The summed E-state index contributed by atoms with van der Waals surface area (Å²) < 4.78 is 29.0. The van der Waals surface area contributed by atoms with E-state index in [1.165, 1.54) is 12.1 Å². The van der Waals surface area contributed by atoms with E-state index in [1.54, 1.807) is 50.4 Å². The van der Waals surface area contributed by atoms with Crippen molar-refractivity contribution in [2.75, 3.05) is 12.4 Å². The third kappa shape index (κ3) is 6.25. The van der Waals surface area contributed by atoms with Gasteiger partial charge in [-0.2, -0.15) is 8.78 Å². The van der Waals surface area contributed by atoms with E-state index < -0.39 is 18.7 Å². The van der Waals surface area contributed by atoms with E-state index in [0.717, 1.165) is 0 Å². The number of ether oxygens (including phenoxy) is 1. The van der Waals surface area contributed by atoms with Crippen molar-refractivity contribution in [1.82, 2.24) is 10.6 Å². The minimum atomic E-state index is -2.91. The lowest BCUT2D eigenvalue weighted by Gasteiger charge is -2.17. The van der Waals surface area contributed by atoms with Gasteiger partial charge in [0, 0.05) is 12.7 Å². The summed E-state index contributed by atoms with van der Waals surface area (Å²) in [7, 11) is 1.54. The van der Waals surface area contributed by atoms with Gasteiger partial charge >= 0.3 is 12.6 Å². The average molecular weight is 377 g/mol. The van der Waals surface area contributed by atoms with Gasteiger partial charge in [0.05, 0.1) is 12.5 Å². The summed E-state index contributed by atoms with van der Waals surface area (Å²) in [5.74, 6) is -0.152. The molecule has 2 aromatic rings. The normalized spacial score (nSPS) is 11.6. The molecule has 0 heterocycles. The summed E-state index contributed by atoms with van der Waals surface area (Å²) in [5, 5.41) is 7.97. The molecule has 2 rings (SSSR count). The number of likely N-dealkylation sites (N-methyl/N-ethyl adjacent to an activating group) is 1. The van der Waals surface area contributed by atoms with Crippen LogP contribution in [-0.4, -0.2) is 25.6 Å². The molecule has 1 atom stereocenters. The minimum Gasteiger partial charge on any atom is -0.435 e. The van der Waals surface area contributed by atoms with Crippen LogP contribution in [0.15, 0.2) is 48.5 Å². The maximum Gasteiger partial charge on any atom is 0.387 e. The fraction of sp³-hybridized carbons (Fsp3) is 0.263. The highest BCUT2D eigenvalue weighted by molar-refractivity contribution is 5.91. The number of para-hydroxylation sites is 1. The first-order valence-corrected chi connectivity index (χ1v) is 8.30. The Bertz CT molecular complexity index is 799. The van der Waals surface area contributed by atoms with Crippen molar-refractivity contribution in [3.05, 3.63) is 59.7 Å². The molecule has 0 aromatic heterocycles. The van der Waals surface area contributed by atoms with Crippen LogP contribution < -0.4 is 20.7 Å². The van der Waals surface area contributed by atoms with Gasteiger partial charge in [0.2, 0.25) is 5.91 Å². The maximum atomic E-state index is 12.3. The van der Waals surface area contributed by atoms with Gasteiger partial charge in [0.25, 0.3) is 0 Å². The molecule has 0 saturated carbocycles. The average Bonchev–Trinajstić information content (AvgIpc) is 2.62. The van der Waals surface area contributed by atoms with E-state index >= 15 is 0 Å². The highest BCUT2D eigenvalue weighted by atomic mass is 19.3. The van der Waals surface area contributed by atoms with E-state index in [9.17, 15) is 18.4 Å². The van der Waals surface area contributed by atoms with Crippen molar-refractivity contribution >= 4 is 17.6 Å². The largest absolute Gasteiger partial charge is 0.435 e. The number of halogens is 2. The Kier molecular flexibility index (Phi) is 7.10. The van der Waals surface area contributed by atoms with Crippen LogP contribution in [0.4, 0.5) is 19.3 Å². The van der Waals surface area contributed by atoms with Crippen molar-refractivity contribution in [1.29, 1.82) is 0 Å². The van der Waals surface area contributed by atoms with Gasteiger partial charge in [-0.15, -0.1) is 0 Å². The van der Waals surface area contributed by atoms with E-state index in [1.807, 2.05) is 0 Å². The van der Waals surface area contributed by atoms with Gasteiger partial charge in [-0.1, -0.05) is 30.3 Å². The summed E-state index contributed by atoms with van der Waals surface area (Å²) in [4.78, 5) is 23.9. The Morgan fingerprint density at radius 2 is 1.85 bits per heavy atom. The van der Waals surface area contributed by atoms with Crippen LogP contribution in [-0.2, 0) is 11.2 Å². The lowest BCUT2D eigenvalue weighted by molar-refractivity contribution is -0.119. The van der Waals surface area contributed by atoms with Gasteiger partial charge in [-0.05, 0) is 36.2 Å². The molecular weight excluding hydrogens is 356 g/mol. The third-order valence-electron chi connectivity index (χ3n) is 3.83. The zero-order valence-corrected chi connectivity index (χ0v) is 15.0. The molecule has 144 valence electrons. The smallest absolute Gasteiger partial charge is 0.387 e. The molecule has 0 bridgehead atoms. The molecule has 0 aliphatic heterocycles. The minimum absolute atomic E-state index is 0.0208. The number of carbonyl (C=O) groups excluding carboxylic acids is 2. The van der Waals surface area contributed by atoms with E-state index in [-0.39, 0.29) is 18.1 Å². The SMILES string of the molecule is CNC(=O)Cc1ccccc1NC(=O)NC(C)c1cccc(OC(F)F)c1. The highest BCUT2D eigenvalue weighted by Crippen LogP contribution is 2.21. The van der Waals surface area contributed by atoms with Crippen LogP contribution in [0.5, 0.6) is 5.75 Å². The number of urea groups is 1. The fourth-order valence-corrected chi connectivity index (χ4v) is 2.46. The van der Waals surface area contributed by atoms with Crippen molar-refractivity contribution in [3.63, 3.8) is 0 Å². The van der Waals surface area contributed by atoms with Gasteiger partial charge in [-0.3, -0.25) is 4.79 Å². The number of alkyl halides is 2. The summed E-state index contributed by atoms with van der Waals surface area (Å²) >= 11 is 0. The molecule has 0 saturated heterocycles. The number of anilines is 1. The quantitative estimate of drug-likeness (QED) is 0.691. The van der Waals surface area contributed by atoms with Crippen LogP contribution in [0.3, 0.4) is 0 Å². The molecule has 0 aliphatic carbocycles. The van der Waals surface area contributed by atoms with Crippen molar-refractivity contribution in [2.45, 2.75) is 26.0 Å². The Hall–Kier alpha value is -3.16. The van der Waals surface area contributed by atoms with Crippen LogP contribution in [0, 0.1) is 0 Å². The lowest BCUT2D eigenvalue weighted by atomic mass is 10.1. The Balaban J connectivity index is 2.03. The molecule has 0 aliphatic rings. The number of amides is 3. The van der Waals surface area contributed by atoms with Crippen molar-refractivity contribution in [2.24, 2.45) is 0 Å². The molecule has 8 heteroatoms. The summed E-state index contributed by atoms with van der Waals surface area (Å²) in [6.07, 6.45) is 0.134. The molecule has 0 radical (unpaired) electrons. The molecule has 6 nitrogen and oxygen atoms in total. The summed E-state index contributed by atoms with van der Waals surface area (Å²) in [6, 6.07) is 12.2. The fourth-order valence-electron chi connectivity index (χ4n) is 2.46. The molecule has 0 fully saturated rings. The van der Waals surface area contributed by atoms with Gasteiger partial charge < -0.3 is 20.7 Å². The number of rotatable bonds is 7. The maximum absolute atomic E-state index is 12.3. The molecular formula is C19H21F2N3O3. The predicted octanol–water partition coefficient (Wildman–Crippen LogP) is 3.46. The second-order valence-electron chi connectivity index (χ2n) is 5.78. The highest BCUT2D eigenvalue weighted by Gasteiger charge is 2.14. The first kappa shape index (κ1) is 20.2. The molecule has 3 N–H and O–H groups in total. The molecule has 27 heavy (non-hydrogen) atoms. The molecule has 2 aromatic carbocycles. The number of benzene rings is 2. The summed E-state index contributed by atoms with van der Waals surface area (Å²) in [5.41, 5.74) is 1.80.